The Kier molecular flexibility index (Phi) is 12.9. The molecule has 2 rings (SSSR count). The van der Waals surface area contributed by atoms with Gasteiger partial charge in [-0.3, -0.25) is 19.2 Å². The van der Waals surface area contributed by atoms with Crippen molar-refractivity contribution < 1.29 is 45.9 Å². The fourth-order valence-corrected chi connectivity index (χ4v) is 4.32. The van der Waals surface area contributed by atoms with Crippen LogP contribution in [0.4, 0.5) is 22.0 Å². The van der Waals surface area contributed by atoms with Gasteiger partial charge in [0.05, 0.1) is 16.1 Å². The Morgan fingerprint density at radius 2 is 1.47 bits per heavy atom. The molecule has 0 radical (unpaired) electrons. The Balaban J connectivity index is 2.27. The van der Waals surface area contributed by atoms with Gasteiger partial charge in [0.25, 0.3) is 11.8 Å². The molecule has 0 heterocycles. The Hall–Kier alpha value is -2.87. The average Bonchev–Trinajstić information content (AvgIpc) is 2.89. The molecule has 236 valence electrons. The van der Waals surface area contributed by atoms with Crippen LogP contribution in [0, 0.1) is 5.92 Å². The summed E-state index contributed by atoms with van der Waals surface area (Å²) < 4.78 is 71.7. The maximum Gasteiger partial charge on any atom is 0.405 e. The monoisotopic (exact) mass is 693 g/mol. The molecule has 0 saturated heterocycles. The maximum atomic E-state index is 14.6. The molecule has 0 aliphatic heterocycles. The van der Waals surface area contributed by atoms with Crippen molar-refractivity contribution in [2.24, 2.45) is 5.92 Å². The van der Waals surface area contributed by atoms with Crippen LogP contribution in [-0.2, 0) is 25.6 Å². The van der Waals surface area contributed by atoms with Gasteiger partial charge in [-0.05, 0) is 41.8 Å². The number of amides is 3. The Labute approximate surface area is 262 Å². The third-order valence-electron chi connectivity index (χ3n) is 5.57. The minimum Gasteiger partial charge on any atom is -0.484 e. The molecule has 8 nitrogen and oxygen atoms in total. The van der Waals surface area contributed by atoms with E-state index in [4.69, 9.17) is 51.1 Å². The molecule has 3 N–H and O–H groups in total. The summed E-state index contributed by atoms with van der Waals surface area (Å²) in [7, 11) is 0. The second kappa shape index (κ2) is 15.2. The van der Waals surface area contributed by atoms with Crippen molar-refractivity contribution in [3.05, 3.63) is 62.1 Å². The first kappa shape index (κ1) is 36.3. The number of ether oxygens (including phenoxy) is 1. The summed E-state index contributed by atoms with van der Waals surface area (Å²) in [5, 5.41) is 6.10. The molecular weight excluding hydrogens is 671 g/mol. The number of halogens is 9. The third kappa shape index (κ3) is 11.3. The number of Topliss-reactive ketones (excluding diaryl/α,β-unsaturated/α-hetero) is 1. The number of carbonyl (C=O) groups excluding carboxylic acids is 4. The summed E-state index contributed by atoms with van der Waals surface area (Å²) in [6.07, 6.45) is -5.29. The van der Waals surface area contributed by atoms with E-state index in [0.29, 0.717) is 5.56 Å². The van der Waals surface area contributed by atoms with Crippen LogP contribution in [0.1, 0.15) is 19.4 Å². The highest BCUT2D eigenvalue weighted by atomic mass is 35.5. The predicted molar refractivity (Wildman–Crippen MR) is 150 cm³/mol. The molecule has 0 aliphatic rings. The minimum absolute atomic E-state index is 0.102. The molecule has 2 aromatic carbocycles. The number of carbonyl (C=O) groups is 4. The summed E-state index contributed by atoms with van der Waals surface area (Å²) >= 11 is 23.7. The number of rotatable bonds is 13. The standard InChI is InChI=1S/C26H24Cl4F5N3O5/c1-12(2)21(22(40)26(34,35)24(42)36-11-25(31,32)33)38-23(41)19(6-13-3-4-17(29)18(30)5-13)37-20(39)10-43-16-8-14(27)7-15(28)9-16/h3-5,7-9,12,19,21H,6,10-11H2,1-2H3,(H,36,42)(H,37,39)(H,38,41). The van der Waals surface area contributed by atoms with Crippen molar-refractivity contribution in [1.82, 2.24) is 16.0 Å². The SMILES string of the molecule is CC(C)C(NC(=O)C(Cc1ccc(Cl)c(Cl)c1)NC(=O)COc1cc(Cl)cc(Cl)c1)C(=O)C(F)(F)C(=O)NCC(F)(F)F. The molecule has 3 amide bonds. The van der Waals surface area contributed by atoms with Crippen LogP contribution in [-0.4, -0.2) is 60.8 Å². The summed E-state index contributed by atoms with van der Waals surface area (Å²) in [4.78, 5) is 50.4. The summed E-state index contributed by atoms with van der Waals surface area (Å²) in [6, 6.07) is 4.84. The van der Waals surface area contributed by atoms with Gasteiger partial charge < -0.3 is 20.7 Å². The van der Waals surface area contributed by atoms with E-state index in [-0.39, 0.29) is 32.3 Å². The maximum absolute atomic E-state index is 14.6. The number of hydrogen-bond acceptors (Lipinski definition) is 5. The van der Waals surface area contributed by atoms with Crippen molar-refractivity contribution >= 4 is 69.9 Å². The Bertz CT molecular complexity index is 1340. The van der Waals surface area contributed by atoms with E-state index in [0.717, 1.165) is 5.32 Å². The smallest absolute Gasteiger partial charge is 0.405 e. The van der Waals surface area contributed by atoms with Crippen LogP contribution >= 0.6 is 46.4 Å². The lowest BCUT2D eigenvalue weighted by Crippen LogP contribution is -2.59. The average molecular weight is 695 g/mol. The summed E-state index contributed by atoms with van der Waals surface area (Å²) in [6.45, 7) is -0.243. The first-order valence-corrected chi connectivity index (χ1v) is 13.7. The van der Waals surface area contributed by atoms with Crippen LogP contribution in [0.25, 0.3) is 0 Å². The van der Waals surface area contributed by atoms with Gasteiger partial charge in [0, 0.05) is 16.5 Å². The number of alkyl halides is 5. The lowest BCUT2D eigenvalue weighted by Gasteiger charge is -2.27. The third-order valence-corrected chi connectivity index (χ3v) is 6.75. The molecule has 2 unspecified atom stereocenters. The van der Waals surface area contributed by atoms with Gasteiger partial charge in [0.2, 0.25) is 11.7 Å². The lowest BCUT2D eigenvalue weighted by atomic mass is 9.94. The number of nitrogens with one attached hydrogen (secondary N) is 3. The van der Waals surface area contributed by atoms with Gasteiger partial charge in [-0.15, -0.1) is 0 Å². The van der Waals surface area contributed by atoms with E-state index in [1.165, 1.54) is 50.2 Å². The Morgan fingerprint density at radius 1 is 0.860 bits per heavy atom. The minimum atomic E-state index is -5.01. The first-order chi connectivity index (χ1) is 19.8. The zero-order valence-electron chi connectivity index (χ0n) is 22.3. The van der Waals surface area contributed by atoms with E-state index in [1.54, 1.807) is 0 Å². The molecule has 17 heteroatoms. The predicted octanol–water partition coefficient (Wildman–Crippen LogP) is 5.43. The molecular formula is C26H24Cl4F5N3O5. The molecule has 2 atom stereocenters. The van der Waals surface area contributed by atoms with Crippen LogP contribution in [0.2, 0.25) is 20.1 Å². The number of ketones is 1. The fourth-order valence-electron chi connectivity index (χ4n) is 3.50. The van der Waals surface area contributed by atoms with E-state index >= 15 is 0 Å². The Morgan fingerprint density at radius 3 is 2.00 bits per heavy atom. The second-order valence-corrected chi connectivity index (χ2v) is 11.1. The summed E-state index contributed by atoms with van der Waals surface area (Å²) in [5.74, 6) is -12.5. The normalized spacial score (nSPS) is 13.2. The molecule has 43 heavy (non-hydrogen) atoms. The van der Waals surface area contributed by atoms with Crippen molar-refractivity contribution in [2.45, 2.75) is 44.5 Å². The largest absolute Gasteiger partial charge is 0.484 e. The topological polar surface area (TPSA) is 114 Å². The summed E-state index contributed by atoms with van der Waals surface area (Å²) in [5.41, 5.74) is 0.363. The highest BCUT2D eigenvalue weighted by molar-refractivity contribution is 6.42. The van der Waals surface area contributed by atoms with Gasteiger partial charge in [0.1, 0.15) is 18.3 Å². The quantitative estimate of drug-likeness (QED) is 0.191. The molecule has 0 aromatic heterocycles. The zero-order valence-corrected chi connectivity index (χ0v) is 25.3. The zero-order chi connectivity index (χ0) is 32.7. The van der Waals surface area contributed by atoms with Gasteiger partial charge in [-0.25, -0.2) is 0 Å². The number of hydrogen-bond donors (Lipinski definition) is 3. The number of benzene rings is 2. The van der Waals surface area contributed by atoms with Gasteiger partial charge in [-0.1, -0.05) is 66.3 Å². The van der Waals surface area contributed by atoms with Crippen LogP contribution in [0.5, 0.6) is 5.75 Å². The fraction of sp³-hybridized carbons (Fsp3) is 0.385. The highest BCUT2D eigenvalue weighted by Crippen LogP contribution is 2.26. The van der Waals surface area contributed by atoms with E-state index in [9.17, 15) is 41.1 Å². The highest BCUT2D eigenvalue weighted by Gasteiger charge is 2.52. The van der Waals surface area contributed by atoms with Crippen molar-refractivity contribution in [2.75, 3.05) is 13.2 Å². The van der Waals surface area contributed by atoms with Crippen molar-refractivity contribution in [3.63, 3.8) is 0 Å². The van der Waals surface area contributed by atoms with Gasteiger partial charge in [0.15, 0.2) is 6.61 Å². The second-order valence-electron chi connectivity index (χ2n) is 9.43. The van der Waals surface area contributed by atoms with E-state index in [1.807, 2.05) is 0 Å². The van der Waals surface area contributed by atoms with Gasteiger partial charge in [-0.2, -0.15) is 22.0 Å². The van der Waals surface area contributed by atoms with Crippen LogP contribution < -0.4 is 20.7 Å². The van der Waals surface area contributed by atoms with Crippen LogP contribution in [0.3, 0.4) is 0 Å². The molecule has 0 saturated carbocycles. The molecule has 2 aromatic rings. The van der Waals surface area contributed by atoms with E-state index < -0.39 is 66.8 Å². The van der Waals surface area contributed by atoms with Gasteiger partial charge >= 0.3 is 12.1 Å². The molecule has 0 aliphatic carbocycles. The lowest BCUT2D eigenvalue weighted by molar-refractivity contribution is -0.165. The van der Waals surface area contributed by atoms with Crippen molar-refractivity contribution in [3.8, 4) is 5.75 Å². The molecule has 0 fully saturated rings. The van der Waals surface area contributed by atoms with Crippen molar-refractivity contribution in [1.29, 1.82) is 0 Å². The van der Waals surface area contributed by atoms with Crippen LogP contribution in [0.15, 0.2) is 36.4 Å². The molecule has 0 bridgehead atoms. The first-order valence-electron chi connectivity index (χ1n) is 12.2. The van der Waals surface area contributed by atoms with E-state index in [2.05, 4.69) is 10.6 Å². The molecule has 0 spiro atoms.